The molecule has 3 rings (SSSR count). The molecular formula is C23H32N4O5S. The number of nitrogens with zero attached hydrogens (tertiary/aromatic N) is 3. The Hall–Kier alpha value is -2.32. The highest BCUT2D eigenvalue weighted by Gasteiger charge is 2.37. The topological polar surface area (TPSA) is 122 Å². The van der Waals surface area contributed by atoms with Gasteiger partial charge in [-0.3, -0.25) is 9.36 Å². The van der Waals surface area contributed by atoms with E-state index in [9.17, 15) is 9.90 Å². The number of aromatic nitrogens is 3. The summed E-state index contributed by atoms with van der Waals surface area (Å²) in [6, 6.07) is 1.78. The van der Waals surface area contributed by atoms with E-state index in [2.05, 4.69) is 55.2 Å². The van der Waals surface area contributed by atoms with Crippen LogP contribution in [0.3, 0.4) is 0 Å². The van der Waals surface area contributed by atoms with Crippen LogP contribution in [-0.4, -0.2) is 63.4 Å². The molecule has 1 aliphatic heterocycles. The summed E-state index contributed by atoms with van der Waals surface area (Å²) in [6.45, 7) is 7.06. The second-order valence-corrected chi connectivity index (χ2v) is 9.64. The van der Waals surface area contributed by atoms with Crippen LogP contribution in [0.4, 0.5) is 5.82 Å². The summed E-state index contributed by atoms with van der Waals surface area (Å²) in [5.74, 6) is 6.51. The number of hydrogen-bond donors (Lipinski definition) is 3. The van der Waals surface area contributed by atoms with Crippen molar-refractivity contribution in [2.45, 2.75) is 58.5 Å². The van der Waals surface area contributed by atoms with Crippen LogP contribution in [-0.2, 0) is 19.0 Å². The summed E-state index contributed by atoms with van der Waals surface area (Å²) in [5, 5.41) is 11.2. The standard InChI is InChI=1S/C23H32N4O5S/c1-23(2,3)13-30-12-18-17(28)11-19(32-18)27-15(6-4-8-31-20(29)7-5-9-33)10-16-21(24)25-14-26-22(16)27/h10,14,17-19,28,33H,5,7-9,11-13H2,1-3H3,(H2,24,25,26). The summed E-state index contributed by atoms with van der Waals surface area (Å²) in [5.41, 5.74) is 7.20. The monoisotopic (exact) mass is 476 g/mol. The van der Waals surface area contributed by atoms with E-state index in [-0.39, 0.29) is 24.6 Å². The number of aliphatic hydroxyl groups excluding tert-OH is 1. The lowest BCUT2D eigenvalue weighted by Gasteiger charge is -2.21. The van der Waals surface area contributed by atoms with Gasteiger partial charge in [-0.2, -0.15) is 12.6 Å². The van der Waals surface area contributed by atoms with Crippen molar-refractivity contribution in [2.24, 2.45) is 5.41 Å². The Labute approximate surface area is 199 Å². The van der Waals surface area contributed by atoms with Gasteiger partial charge in [0.2, 0.25) is 0 Å². The molecule has 33 heavy (non-hydrogen) atoms. The Balaban J connectivity index is 1.77. The summed E-state index contributed by atoms with van der Waals surface area (Å²) >= 11 is 4.09. The van der Waals surface area contributed by atoms with E-state index in [1.54, 1.807) is 10.6 Å². The third kappa shape index (κ3) is 6.84. The quantitative estimate of drug-likeness (QED) is 0.302. The van der Waals surface area contributed by atoms with Gasteiger partial charge in [-0.25, -0.2) is 9.97 Å². The second-order valence-electron chi connectivity index (χ2n) is 9.19. The molecule has 10 heteroatoms. The highest BCUT2D eigenvalue weighted by atomic mass is 32.1. The lowest BCUT2D eigenvalue weighted by atomic mass is 9.99. The van der Waals surface area contributed by atoms with Gasteiger partial charge in [-0.05, 0) is 29.6 Å². The number of aliphatic hydroxyl groups is 1. The van der Waals surface area contributed by atoms with Crippen molar-refractivity contribution in [3.05, 3.63) is 18.1 Å². The van der Waals surface area contributed by atoms with Gasteiger partial charge < -0.3 is 25.1 Å². The largest absolute Gasteiger partial charge is 0.452 e. The van der Waals surface area contributed by atoms with Crippen molar-refractivity contribution in [3.63, 3.8) is 0 Å². The molecule has 9 nitrogen and oxygen atoms in total. The smallest absolute Gasteiger partial charge is 0.306 e. The number of rotatable bonds is 8. The van der Waals surface area contributed by atoms with Crippen molar-refractivity contribution < 1.29 is 24.1 Å². The zero-order valence-electron chi connectivity index (χ0n) is 19.3. The van der Waals surface area contributed by atoms with Gasteiger partial charge in [0.05, 0.1) is 30.4 Å². The fourth-order valence-corrected chi connectivity index (χ4v) is 3.64. The number of hydrogen-bond acceptors (Lipinski definition) is 9. The van der Waals surface area contributed by atoms with E-state index in [0.29, 0.717) is 54.2 Å². The molecule has 180 valence electrons. The van der Waals surface area contributed by atoms with Crippen molar-refractivity contribution in [2.75, 3.05) is 31.3 Å². The van der Waals surface area contributed by atoms with Gasteiger partial charge in [-0.15, -0.1) is 0 Å². The third-order valence-electron chi connectivity index (χ3n) is 5.03. The van der Waals surface area contributed by atoms with Gasteiger partial charge in [0, 0.05) is 12.8 Å². The van der Waals surface area contributed by atoms with Gasteiger partial charge in [0.25, 0.3) is 0 Å². The molecule has 3 heterocycles. The second kappa shape index (κ2) is 11.2. The number of nitrogens with two attached hydrogens (primary N) is 1. The van der Waals surface area contributed by atoms with Gasteiger partial charge in [-0.1, -0.05) is 26.7 Å². The fourth-order valence-electron chi connectivity index (χ4n) is 3.48. The van der Waals surface area contributed by atoms with Gasteiger partial charge in [0.1, 0.15) is 30.1 Å². The lowest BCUT2D eigenvalue weighted by Crippen LogP contribution is -2.28. The Morgan fingerprint density at radius 3 is 2.94 bits per heavy atom. The molecular weight excluding hydrogens is 444 g/mol. The van der Waals surface area contributed by atoms with E-state index < -0.39 is 18.4 Å². The van der Waals surface area contributed by atoms with Crippen LogP contribution < -0.4 is 5.73 Å². The summed E-state index contributed by atoms with van der Waals surface area (Å²) < 4.78 is 18.8. The highest BCUT2D eigenvalue weighted by Crippen LogP contribution is 2.34. The molecule has 0 radical (unpaired) electrons. The minimum atomic E-state index is -0.694. The molecule has 1 saturated heterocycles. The molecule has 0 spiro atoms. The molecule has 2 aromatic rings. The van der Waals surface area contributed by atoms with E-state index in [1.165, 1.54) is 6.33 Å². The molecule has 0 aromatic carbocycles. The maximum Gasteiger partial charge on any atom is 0.306 e. The van der Waals surface area contributed by atoms with Crippen molar-refractivity contribution >= 4 is 35.4 Å². The Kier molecular flexibility index (Phi) is 8.59. The molecule has 0 aliphatic carbocycles. The first-order chi connectivity index (χ1) is 15.7. The van der Waals surface area contributed by atoms with E-state index in [1.807, 2.05) is 0 Å². The van der Waals surface area contributed by atoms with Crippen LogP contribution in [0.1, 0.15) is 52.0 Å². The maximum absolute atomic E-state index is 11.7. The average molecular weight is 477 g/mol. The molecule has 3 atom stereocenters. The first-order valence-corrected chi connectivity index (χ1v) is 11.6. The summed E-state index contributed by atoms with van der Waals surface area (Å²) in [6.07, 6.45) is 1.03. The Morgan fingerprint density at radius 1 is 1.42 bits per heavy atom. The molecule has 0 amide bonds. The van der Waals surface area contributed by atoms with Gasteiger partial charge in [0.15, 0.2) is 6.61 Å². The van der Waals surface area contributed by atoms with E-state index >= 15 is 0 Å². The summed E-state index contributed by atoms with van der Waals surface area (Å²) in [7, 11) is 0. The SMILES string of the molecule is CC(C)(C)COCC1OC(n2c(C#CCOC(=O)CCCS)cc3c(N)ncnc32)CC1O. The normalized spacial score (nSPS) is 20.6. The van der Waals surface area contributed by atoms with Crippen molar-refractivity contribution in [3.8, 4) is 11.8 Å². The van der Waals surface area contributed by atoms with E-state index in [4.69, 9.17) is 19.9 Å². The van der Waals surface area contributed by atoms with Crippen molar-refractivity contribution in [1.29, 1.82) is 0 Å². The Bertz CT molecular complexity index is 1020. The molecule has 0 bridgehead atoms. The Morgan fingerprint density at radius 2 is 2.21 bits per heavy atom. The van der Waals surface area contributed by atoms with E-state index in [0.717, 1.165) is 0 Å². The number of carbonyl (C=O) groups is 1. The number of esters is 1. The molecule has 2 aromatic heterocycles. The van der Waals surface area contributed by atoms with Crippen LogP contribution in [0.25, 0.3) is 11.0 Å². The zero-order chi connectivity index (χ0) is 24.0. The minimum Gasteiger partial charge on any atom is -0.452 e. The number of thiol groups is 1. The van der Waals surface area contributed by atoms with Crippen LogP contribution in [0.2, 0.25) is 0 Å². The lowest BCUT2D eigenvalue weighted by molar-refractivity contribution is -0.142. The summed E-state index contributed by atoms with van der Waals surface area (Å²) in [4.78, 5) is 20.1. The van der Waals surface area contributed by atoms with Crippen LogP contribution in [0.15, 0.2) is 12.4 Å². The molecule has 3 unspecified atom stereocenters. The number of nitrogen functional groups attached to an aromatic ring is 1. The predicted octanol–water partition coefficient (Wildman–Crippen LogP) is 2.33. The predicted molar refractivity (Wildman–Crippen MR) is 128 cm³/mol. The number of anilines is 1. The van der Waals surface area contributed by atoms with Crippen LogP contribution in [0.5, 0.6) is 0 Å². The minimum absolute atomic E-state index is 0.0208. The van der Waals surface area contributed by atoms with Crippen LogP contribution in [0, 0.1) is 17.3 Å². The average Bonchev–Trinajstić information content (AvgIpc) is 3.29. The van der Waals surface area contributed by atoms with Crippen molar-refractivity contribution in [1.82, 2.24) is 14.5 Å². The first kappa shape index (κ1) is 25.3. The molecule has 1 aliphatic rings. The first-order valence-electron chi connectivity index (χ1n) is 11.0. The number of fused-ring (bicyclic) bond motifs is 1. The third-order valence-corrected chi connectivity index (χ3v) is 5.35. The number of carbonyl (C=O) groups excluding carboxylic acids is 1. The number of ether oxygens (including phenoxy) is 3. The van der Waals surface area contributed by atoms with Crippen LogP contribution >= 0.6 is 12.6 Å². The fraction of sp³-hybridized carbons (Fsp3) is 0.609. The maximum atomic E-state index is 11.7. The zero-order valence-corrected chi connectivity index (χ0v) is 20.2. The van der Waals surface area contributed by atoms with Gasteiger partial charge >= 0.3 is 5.97 Å². The molecule has 0 saturated carbocycles. The molecule has 3 N–H and O–H groups in total. The molecule has 1 fully saturated rings. The highest BCUT2D eigenvalue weighted by molar-refractivity contribution is 7.80.